The minimum Gasteiger partial charge on any atom is -0.497 e. The van der Waals surface area contributed by atoms with Gasteiger partial charge in [0.05, 0.1) is 20.3 Å². The molecule has 0 saturated heterocycles. The van der Waals surface area contributed by atoms with Crippen molar-refractivity contribution in [3.63, 3.8) is 0 Å². The molecule has 0 unspecified atom stereocenters. The summed E-state index contributed by atoms with van der Waals surface area (Å²) in [6, 6.07) is 11.2. The molecule has 1 atom stereocenters. The average molecular weight is 473 g/mol. The SMILES string of the molecule is COCCNC(=O)[C@H](c1ccc(OC)cc1)N(CCOC)C(=O)CCC(=O)Nc1ccccn1. The van der Waals surface area contributed by atoms with Gasteiger partial charge >= 0.3 is 0 Å². The van der Waals surface area contributed by atoms with Gasteiger partial charge in [-0.2, -0.15) is 0 Å². The number of carbonyl (C=O) groups is 3. The predicted octanol–water partition coefficient (Wildman–Crippen LogP) is 1.79. The number of pyridine rings is 1. The van der Waals surface area contributed by atoms with E-state index >= 15 is 0 Å². The molecule has 2 N–H and O–H groups in total. The Morgan fingerprint density at radius 1 is 0.971 bits per heavy atom. The zero-order valence-electron chi connectivity index (χ0n) is 19.8. The van der Waals surface area contributed by atoms with Gasteiger partial charge in [0.2, 0.25) is 17.7 Å². The number of nitrogens with zero attached hydrogens (tertiary/aromatic N) is 2. The molecule has 0 aliphatic carbocycles. The van der Waals surface area contributed by atoms with Crippen LogP contribution in [0.3, 0.4) is 0 Å². The van der Waals surface area contributed by atoms with Crippen LogP contribution >= 0.6 is 0 Å². The fraction of sp³-hybridized carbons (Fsp3) is 0.417. The average Bonchev–Trinajstić information content (AvgIpc) is 2.86. The maximum absolute atomic E-state index is 13.2. The lowest BCUT2D eigenvalue weighted by atomic mass is 10.0. The van der Waals surface area contributed by atoms with E-state index in [1.54, 1.807) is 55.8 Å². The van der Waals surface area contributed by atoms with Crippen molar-refractivity contribution in [2.45, 2.75) is 18.9 Å². The van der Waals surface area contributed by atoms with E-state index in [0.717, 1.165) is 0 Å². The second-order valence-corrected chi connectivity index (χ2v) is 7.30. The largest absolute Gasteiger partial charge is 0.497 e. The third-order valence-corrected chi connectivity index (χ3v) is 4.95. The fourth-order valence-corrected chi connectivity index (χ4v) is 3.23. The highest BCUT2D eigenvalue weighted by Gasteiger charge is 2.31. The molecule has 0 fully saturated rings. The van der Waals surface area contributed by atoms with Crippen LogP contribution in [-0.4, -0.2) is 75.2 Å². The Morgan fingerprint density at radius 3 is 2.32 bits per heavy atom. The number of aromatic nitrogens is 1. The molecule has 0 aliphatic heterocycles. The van der Waals surface area contributed by atoms with Crippen LogP contribution in [0, 0.1) is 0 Å². The first-order valence-electron chi connectivity index (χ1n) is 10.9. The number of anilines is 1. The van der Waals surface area contributed by atoms with E-state index in [-0.39, 0.29) is 43.7 Å². The summed E-state index contributed by atoms with van der Waals surface area (Å²) in [5, 5.41) is 5.46. The number of hydrogen-bond acceptors (Lipinski definition) is 7. The van der Waals surface area contributed by atoms with Gasteiger partial charge < -0.3 is 29.7 Å². The van der Waals surface area contributed by atoms with Crippen molar-refractivity contribution in [2.75, 3.05) is 52.9 Å². The second kappa shape index (κ2) is 14.6. The Bertz CT molecular complexity index is 907. The Kier molecular flexibility index (Phi) is 11.5. The van der Waals surface area contributed by atoms with Crippen molar-refractivity contribution in [2.24, 2.45) is 0 Å². The fourth-order valence-electron chi connectivity index (χ4n) is 3.23. The van der Waals surface area contributed by atoms with E-state index in [4.69, 9.17) is 14.2 Å². The third-order valence-electron chi connectivity index (χ3n) is 4.95. The molecule has 0 bridgehead atoms. The van der Waals surface area contributed by atoms with Crippen molar-refractivity contribution in [3.05, 3.63) is 54.2 Å². The molecule has 0 radical (unpaired) electrons. The molecule has 0 spiro atoms. The van der Waals surface area contributed by atoms with E-state index in [1.807, 2.05) is 0 Å². The molecular weight excluding hydrogens is 440 g/mol. The standard InChI is InChI=1S/C24H32N4O6/c1-32-16-14-26-24(31)23(18-7-9-19(34-3)10-8-18)28(15-17-33-2)22(30)12-11-21(29)27-20-6-4-5-13-25-20/h4-10,13,23H,11-12,14-17H2,1-3H3,(H,26,31)(H,25,27,29)/t23-/m0/s1. The van der Waals surface area contributed by atoms with Gasteiger partial charge in [-0.1, -0.05) is 18.2 Å². The zero-order chi connectivity index (χ0) is 24.8. The lowest BCUT2D eigenvalue weighted by Gasteiger charge is -2.31. The van der Waals surface area contributed by atoms with Crippen LogP contribution in [0.5, 0.6) is 5.75 Å². The maximum atomic E-state index is 13.2. The van der Waals surface area contributed by atoms with Crippen LogP contribution in [0.1, 0.15) is 24.4 Å². The van der Waals surface area contributed by atoms with Crippen LogP contribution < -0.4 is 15.4 Å². The number of rotatable bonds is 14. The maximum Gasteiger partial charge on any atom is 0.247 e. The van der Waals surface area contributed by atoms with Gasteiger partial charge in [0.25, 0.3) is 0 Å². The highest BCUT2D eigenvalue weighted by molar-refractivity contribution is 5.94. The minimum absolute atomic E-state index is 0.0560. The summed E-state index contributed by atoms with van der Waals surface area (Å²) in [6.07, 6.45) is 1.43. The number of methoxy groups -OCH3 is 3. The molecular formula is C24H32N4O6. The molecule has 0 saturated carbocycles. The number of ether oxygens (including phenoxy) is 3. The van der Waals surface area contributed by atoms with Crippen molar-refractivity contribution in [3.8, 4) is 5.75 Å². The number of carbonyl (C=O) groups excluding carboxylic acids is 3. The van der Waals surface area contributed by atoms with Crippen LogP contribution in [0.15, 0.2) is 48.7 Å². The molecule has 10 heteroatoms. The Hall–Kier alpha value is -3.50. The van der Waals surface area contributed by atoms with Crippen LogP contribution in [0.25, 0.3) is 0 Å². The number of amides is 3. The first kappa shape index (κ1) is 26.7. The summed E-state index contributed by atoms with van der Waals surface area (Å²) in [6.45, 7) is 1.02. The van der Waals surface area contributed by atoms with Gasteiger partial charge in [-0.05, 0) is 29.8 Å². The van der Waals surface area contributed by atoms with Gasteiger partial charge in [0.1, 0.15) is 17.6 Å². The summed E-state index contributed by atoms with van der Waals surface area (Å²) in [4.78, 5) is 44.2. The second-order valence-electron chi connectivity index (χ2n) is 7.30. The quantitative estimate of drug-likeness (QED) is 0.402. The first-order valence-corrected chi connectivity index (χ1v) is 10.9. The zero-order valence-corrected chi connectivity index (χ0v) is 19.8. The highest BCUT2D eigenvalue weighted by Crippen LogP contribution is 2.25. The van der Waals surface area contributed by atoms with E-state index in [0.29, 0.717) is 30.3 Å². The summed E-state index contributed by atoms with van der Waals surface area (Å²) >= 11 is 0. The predicted molar refractivity (Wildman–Crippen MR) is 126 cm³/mol. The summed E-state index contributed by atoms with van der Waals surface area (Å²) in [7, 11) is 4.61. The van der Waals surface area contributed by atoms with Crippen molar-refractivity contribution in [1.82, 2.24) is 15.2 Å². The lowest BCUT2D eigenvalue weighted by molar-refractivity contribution is -0.142. The first-order chi connectivity index (χ1) is 16.5. The van der Waals surface area contributed by atoms with Crippen molar-refractivity contribution in [1.29, 1.82) is 0 Å². The number of nitrogens with one attached hydrogen (secondary N) is 2. The Balaban J connectivity index is 2.19. The molecule has 1 aromatic carbocycles. The molecule has 0 aliphatic rings. The van der Waals surface area contributed by atoms with Gasteiger partial charge in [0.15, 0.2) is 0 Å². The van der Waals surface area contributed by atoms with E-state index in [9.17, 15) is 14.4 Å². The summed E-state index contributed by atoms with van der Waals surface area (Å²) < 4.78 is 15.4. The molecule has 1 heterocycles. The van der Waals surface area contributed by atoms with Crippen molar-refractivity contribution >= 4 is 23.5 Å². The molecule has 184 valence electrons. The highest BCUT2D eigenvalue weighted by atomic mass is 16.5. The number of benzene rings is 1. The normalized spacial score (nSPS) is 11.4. The molecule has 1 aromatic heterocycles. The molecule has 3 amide bonds. The van der Waals surface area contributed by atoms with Crippen LogP contribution in [0.4, 0.5) is 5.82 Å². The van der Waals surface area contributed by atoms with E-state index in [2.05, 4.69) is 15.6 Å². The summed E-state index contributed by atoms with van der Waals surface area (Å²) in [5.74, 6) is -0.0158. The van der Waals surface area contributed by atoms with E-state index < -0.39 is 6.04 Å². The molecule has 2 aromatic rings. The van der Waals surface area contributed by atoms with E-state index in [1.165, 1.54) is 19.1 Å². The monoisotopic (exact) mass is 472 g/mol. The van der Waals surface area contributed by atoms with Gasteiger partial charge in [-0.3, -0.25) is 14.4 Å². The third kappa shape index (κ3) is 8.45. The molecule has 34 heavy (non-hydrogen) atoms. The topological polar surface area (TPSA) is 119 Å². The summed E-state index contributed by atoms with van der Waals surface area (Å²) in [5.41, 5.74) is 0.609. The Morgan fingerprint density at radius 2 is 1.71 bits per heavy atom. The lowest BCUT2D eigenvalue weighted by Crippen LogP contribution is -2.45. The van der Waals surface area contributed by atoms with Gasteiger partial charge in [-0.25, -0.2) is 4.98 Å². The number of hydrogen-bond donors (Lipinski definition) is 2. The van der Waals surface area contributed by atoms with Crippen molar-refractivity contribution < 1.29 is 28.6 Å². The Labute approximate surface area is 199 Å². The van der Waals surface area contributed by atoms with Gasteiger partial charge in [0, 0.05) is 46.3 Å². The minimum atomic E-state index is -0.913. The van der Waals surface area contributed by atoms with Crippen LogP contribution in [-0.2, 0) is 23.9 Å². The van der Waals surface area contributed by atoms with Crippen LogP contribution in [0.2, 0.25) is 0 Å². The molecule has 2 rings (SSSR count). The molecule has 10 nitrogen and oxygen atoms in total. The van der Waals surface area contributed by atoms with Gasteiger partial charge in [-0.15, -0.1) is 0 Å². The smallest absolute Gasteiger partial charge is 0.247 e.